The van der Waals surface area contributed by atoms with Crippen LogP contribution < -0.4 is 15.4 Å². The lowest BCUT2D eigenvalue weighted by molar-refractivity contribution is 0.317. The molecule has 1 aromatic heterocycles. The van der Waals surface area contributed by atoms with Crippen LogP contribution in [0.25, 0.3) is 0 Å². The van der Waals surface area contributed by atoms with E-state index in [0.29, 0.717) is 6.54 Å². The Labute approximate surface area is 154 Å². The van der Waals surface area contributed by atoms with E-state index in [1.807, 2.05) is 18.3 Å². The van der Waals surface area contributed by atoms with Crippen LogP contribution >= 0.6 is 11.3 Å². The van der Waals surface area contributed by atoms with Crippen LogP contribution in [0.5, 0.6) is 5.75 Å². The van der Waals surface area contributed by atoms with Crippen molar-refractivity contribution in [3.05, 3.63) is 45.9 Å². The predicted molar refractivity (Wildman–Crippen MR) is 106 cm³/mol. The maximum absolute atomic E-state index is 5.68. The first kappa shape index (κ1) is 19.2. The Morgan fingerprint density at radius 2 is 2.16 bits per heavy atom. The molecule has 2 N–H and O–H groups in total. The molecular weight excluding hydrogens is 332 g/mol. The van der Waals surface area contributed by atoms with Gasteiger partial charge in [-0.15, -0.1) is 11.3 Å². The van der Waals surface area contributed by atoms with Gasteiger partial charge in [0.25, 0.3) is 0 Å². The van der Waals surface area contributed by atoms with Gasteiger partial charge in [0.1, 0.15) is 5.75 Å². The molecule has 1 aromatic carbocycles. The van der Waals surface area contributed by atoms with E-state index >= 15 is 0 Å². The molecule has 0 aliphatic carbocycles. The van der Waals surface area contributed by atoms with E-state index in [4.69, 9.17) is 4.74 Å². The third-order valence-electron chi connectivity index (χ3n) is 3.44. The summed E-state index contributed by atoms with van der Waals surface area (Å²) in [5, 5.41) is 7.81. The molecule has 0 fully saturated rings. The zero-order chi connectivity index (χ0) is 17.9. The fourth-order valence-electron chi connectivity index (χ4n) is 2.27. The maximum atomic E-state index is 5.68. The van der Waals surface area contributed by atoms with Crippen LogP contribution in [0.15, 0.2) is 35.5 Å². The minimum atomic E-state index is 0.620. The summed E-state index contributed by atoms with van der Waals surface area (Å²) in [4.78, 5) is 10.3. The Hall–Kier alpha value is -2.08. The molecule has 2 aromatic rings. The highest BCUT2D eigenvalue weighted by molar-refractivity contribution is 7.11. The second-order valence-electron chi connectivity index (χ2n) is 5.73. The smallest absolute Gasteiger partial charge is 0.191 e. The highest BCUT2D eigenvalue weighted by atomic mass is 32.1. The van der Waals surface area contributed by atoms with E-state index in [9.17, 15) is 0 Å². The zero-order valence-electron chi connectivity index (χ0n) is 15.3. The average molecular weight is 361 g/mol. The van der Waals surface area contributed by atoms with Gasteiger partial charge in [0, 0.05) is 30.6 Å². The number of hydrogen-bond donors (Lipinski definition) is 2. The van der Waals surface area contributed by atoms with Crippen LogP contribution in [-0.4, -0.2) is 30.6 Å². The number of hydrogen-bond acceptors (Lipinski definition) is 4. The molecule has 0 saturated heterocycles. The first-order chi connectivity index (χ1) is 12.2. The molecular formula is C19H28N4OS. The lowest BCUT2D eigenvalue weighted by atomic mass is 10.2. The second kappa shape index (κ2) is 10.7. The van der Waals surface area contributed by atoms with Crippen molar-refractivity contribution in [2.24, 2.45) is 4.99 Å². The number of aryl methyl sites for hydroxylation is 1. The molecule has 136 valence electrons. The van der Waals surface area contributed by atoms with Crippen LogP contribution in [0.2, 0.25) is 0 Å². The Kier molecular flexibility index (Phi) is 8.25. The Morgan fingerprint density at radius 1 is 1.28 bits per heavy atom. The fourth-order valence-corrected chi connectivity index (χ4v) is 3.06. The Balaban J connectivity index is 1.87. The third kappa shape index (κ3) is 7.13. The van der Waals surface area contributed by atoms with Gasteiger partial charge in [-0.05, 0) is 38.0 Å². The van der Waals surface area contributed by atoms with E-state index in [-0.39, 0.29) is 0 Å². The van der Waals surface area contributed by atoms with Crippen molar-refractivity contribution in [1.29, 1.82) is 0 Å². The number of guanidine groups is 1. The van der Waals surface area contributed by atoms with E-state index in [1.54, 1.807) is 11.3 Å². The SMILES string of the molecule is CCCOc1cccc(CN=C(NCC)NCCc2ncc(C)s2)c1. The molecule has 0 amide bonds. The predicted octanol–water partition coefficient (Wildman–Crippen LogP) is 3.54. The molecule has 0 saturated carbocycles. The summed E-state index contributed by atoms with van der Waals surface area (Å²) in [6, 6.07) is 8.13. The Morgan fingerprint density at radius 3 is 2.88 bits per heavy atom. The molecule has 0 unspecified atom stereocenters. The summed E-state index contributed by atoms with van der Waals surface area (Å²) >= 11 is 1.75. The van der Waals surface area contributed by atoms with Gasteiger partial charge in [0.05, 0.1) is 18.2 Å². The van der Waals surface area contributed by atoms with Crippen molar-refractivity contribution in [3.8, 4) is 5.75 Å². The molecule has 0 atom stereocenters. The van der Waals surface area contributed by atoms with Gasteiger partial charge < -0.3 is 15.4 Å². The van der Waals surface area contributed by atoms with Gasteiger partial charge in [-0.3, -0.25) is 0 Å². The van der Waals surface area contributed by atoms with Gasteiger partial charge >= 0.3 is 0 Å². The second-order valence-corrected chi connectivity index (χ2v) is 7.05. The molecule has 2 rings (SSSR count). The number of aromatic nitrogens is 1. The van der Waals surface area contributed by atoms with Crippen LogP contribution in [-0.2, 0) is 13.0 Å². The average Bonchev–Trinajstić information content (AvgIpc) is 3.03. The Bertz CT molecular complexity index is 669. The third-order valence-corrected chi connectivity index (χ3v) is 4.41. The van der Waals surface area contributed by atoms with Crippen molar-refractivity contribution in [3.63, 3.8) is 0 Å². The lowest BCUT2D eigenvalue weighted by Crippen LogP contribution is -2.38. The molecule has 25 heavy (non-hydrogen) atoms. The highest BCUT2D eigenvalue weighted by Crippen LogP contribution is 2.14. The van der Waals surface area contributed by atoms with Crippen LogP contribution in [0.3, 0.4) is 0 Å². The zero-order valence-corrected chi connectivity index (χ0v) is 16.2. The molecule has 0 spiro atoms. The summed E-state index contributed by atoms with van der Waals surface area (Å²) in [6.07, 6.45) is 3.84. The molecule has 0 aliphatic rings. The van der Waals surface area contributed by atoms with E-state index < -0.39 is 0 Å². The van der Waals surface area contributed by atoms with Gasteiger partial charge in [0.15, 0.2) is 5.96 Å². The highest BCUT2D eigenvalue weighted by Gasteiger charge is 2.02. The van der Waals surface area contributed by atoms with E-state index in [1.165, 1.54) is 4.88 Å². The van der Waals surface area contributed by atoms with Crippen molar-refractivity contribution < 1.29 is 4.74 Å². The van der Waals surface area contributed by atoms with Crippen molar-refractivity contribution >= 4 is 17.3 Å². The van der Waals surface area contributed by atoms with Crippen LogP contribution in [0.1, 0.15) is 35.7 Å². The number of ether oxygens (including phenoxy) is 1. The lowest BCUT2D eigenvalue weighted by Gasteiger charge is -2.11. The maximum Gasteiger partial charge on any atom is 0.191 e. The molecule has 5 nitrogen and oxygen atoms in total. The summed E-state index contributed by atoms with van der Waals surface area (Å²) < 4.78 is 5.68. The summed E-state index contributed by atoms with van der Waals surface area (Å²) in [5.41, 5.74) is 1.14. The van der Waals surface area contributed by atoms with Crippen molar-refractivity contribution in [2.45, 2.75) is 40.2 Å². The molecule has 0 aliphatic heterocycles. The van der Waals surface area contributed by atoms with Gasteiger partial charge in [0.2, 0.25) is 0 Å². The van der Waals surface area contributed by atoms with Crippen LogP contribution in [0, 0.1) is 6.92 Å². The molecule has 0 radical (unpaired) electrons. The van der Waals surface area contributed by atoms with Gasteiger partial charge in [-0.2, -0.15) is 0 Å². The van der Waals surface area contributed by atoms with Gasteiger partial charge in [-0.1, -0.05) is 19.1 Å². The molecule has 6 heteroatoms. The first-order valence-electron chi connectivity index (χ1n) is 8.86. The normalized spacial score (nSPS) is 11.4. The van der Waals surface area contributed by atoms with Crippen molar-refractivity contribution in [2.75, 3.05) is 19.7 Å². The van der Waals surface area contributed by atoms with Crippen molar-refractivity contribution in [1.82, 2.24) is 15.6 Å². The summed E-state index contributed by atoms with van der Waals surface area (Å²) in [5.74, 6) is 1.74. The monoisotopic (exact) mass is 360 g/mol. The largest absolute Gasteiger partial charge is 0.494 e. The molecule has 0 bridgehead atoms. The van der Waals surface area contributed by atoms with E-state index in [2.05, 4.69) is 53.5 Å². The number of nitrogens with one attached hydrogen (secondary N) is 2. The number of benzene rings is 1. The number of nitrogens with zero attached hydrogens (tertiary/aromatic N) is 2. The topological polar surface area (TPSA) is 58.5 Å². The molecule has 1 heterocycles. The summed E-state index contributed by atoms with van der Waals surface area (Å²) in [7, 11) is 0. The number of rotatable bonds is 9. The van der Waals surface area contributed by atoms with Gasteiger partial charge in [-0.25, -0.2) is 9.98 Å². The fraction of sp³-hybridized carbons (Fsp3) is 0.474. The van der Waals surface area contributed by atoms with Crippen LogP contribution in [0.4, 0.5) is 0 Å². The van der Waals surface area contributed by atoms with E-state index in [0.717, 1.165) is 54.8 Å². The quantitative estimate of drug-likeness (QED) is 0.530. The minimum Gasteiger partial charge on any atom is -0.494 e. The minimum absolute atomic E-state index is 0.620. The number of aliphatic imine (C=N–C) groups is 1. The first-order valence-corrected chi connectivity index (χ1v) is 9.68. The summed E-state index contributed by atoms with van der Waals surface area (Å²) in [6.45, 7) is 9.27. The number of thiazole rings is 1. The standard InChI is InChI=1S/C19H28N4OS/c1-4-11-24-17-8-6-7-16(12-17)14-23-19(20-5-2)21-10-9-18-22-13-15(3)25-18/h6-8,12-13H,4-5,9-11,14H2,1-3H3,(H2,20,21,23).